The van der Waals surface area contributed by atoms with Crippen molar-refractivity contribution >= 4 is 68.2 Å². The molecule has 0 aliphatic carbocycles. The number of nitrogens with zero attached hydrogens (tertiary/aromatic N) is 2. The third-order valence-electron chi connectivity index (χ3n) is 10.7. The van der Waals surface area contributed by atoms with Crippen molar-refractivity contribution in [1.29, 1.82) is 0 Å². The van der Waals surface area contributed by atoms with Gasteiger partial charge in [-0.1, -0.05) is 77.2 Å². The van der Waals surface area contributed by atoms with E-state index in [0.717, 1.165) is 102 Å². The van der Waals surface area contributed by atoms with Crippen molar-refractivity contribution in [3.63, 3.8) is 0 Å². The Balaban J connectivity index is 1.56. The molecule has 0 spiro atoms. The van der Waals surface area contributed by atoms with Crippen LogP contribution >= 0.6 is 0 Å². The molecule has 7 nitrogen and oxygen atoms in total. The van der Waals surface area contributed by atoms with Gasteiger partial charge >= 0.3 is 0 Å². The van der Waals surface area contributed by atoms with Gasteiger partial charge in [-0.2, -0.15) is 0 Å². The molecule has 3 aromatic rings. The zero-order chi connectivity index (χ0) is 37.4. The van der Waals surface area contributed by atoms with E-state index in [-0.39, 0.29) is 11.7 Å². The molecule has 0 radical (unpaired) electrons. The number of H-pyrrole nitrogens is 2. The Kier molecular flexibility index (Phi) is 13.0. The zero-order valence-corrected chi connectivity index (χ0v) is 32.3. The van der Waals surface area contributed by atoms with Crippen LogP contribution in [0.3, 0.4) is 0 Å². The predicted octanol–water partition coefficient (Wildman–Crippen LogP) is 11.5. The van der Waals surface area contributed by atoms with Gasteiger partial charge in [-0.25, -0.2) is 9.97 Å². The van der Waals surface area contributed by atoms with Crippen molar-refractivity contribution in [2.75, 3.05) is 6.54 Å². The highest BCUT2D eigenvalue weighted by molar-refractivity contribution is 5.97. The molecule has 2 aliphatic heterocycles. The minimum Gasteiger partial charge on any atom is -0.356 e. The monoisotopic (exact) mass is 699 g/mol. The van der Waals surface area contributed by atoms with Crippen LogP contribution in [0, 0.1) is 13.8 Å². The van der Waals surface area contributed by atoms with Gasteiger partial charge in [0, 0.05) is 52.6 Å². The Morgan fingerprint density at radius 1 is 0.654 bits per heavy atom. The number of aromatic nitrogens is 4. The molecule has 7 heteroatoms. The van der Waals surface area contributed by atoms with Crippen LogP contribution in [0.1, 0.15) is 150 Å². The van der Waals surface area contributed by atoms with Gasteiger partial charge < -0.3 is 20.1 Å². The maximum atomic E-state index is 13.1. The van der Waals surface area contributed by atoms with Gasteiger partial charge in [0.05, 0.1) is 22.8 Å². The third kappa shape index (κ3) is 8.80. The fourth-order valence-electron chi connectivity index (χ4n) is 7.42. The van der Waals surface area contributed by atoms with Crippen molar-refractivity contribution in [3.8, 4) is 0 Å². The van der Waals surface area contributed by atoms with Gasteiger partial charge in [-0.05, 0) is 112 Å². The molecule has 0 atom stereocenters. The summed E-state index contributed by atoms with van der Waals surface area (Å²) in [6, 6.07) is 8.37. The standard InChI is InChI=1S/C45H57N5O2/c1-9-12-13-14-15-16-17-18-23-46-45(52)22-21-36-32(8)38-24-37-29(5)33(10-2)41(47-37)25-39-30(6)34(11-3)42(48-39)26-40-31(7)35(20-19-28(4)51)43(50-40)27-44(36)49-38/h10-11,24-27,47-48H,2-3,9,12-23H2,1,4-8H3,(H,46,52). The number of allylic oxidation sites excluding steroid dienone is 4. The molecule has 0 saturated carbocycles. The third-order valence-corrected chi connectivity index (χ3v) is 10.7. The van der Waals surface area contributed by atoms with Crippen molar-refractivity contribution in [2.45, 2.75) is 119 Å². The molecule has 5 heterocycles. The van der Waals surface area contributed by atoms with Gasteiger partial charge in [0.25, 0.3) is 0 Å². The summed E-state index contributed by atoms with van der Waals surface area (Å²) in [6.45, 7) is 21.2. The number of fused-ring (bicyclic) bond motifs is 8. The summed E-state index contributed by atoms with van der Waals surface area (Å²) in [5.74, 6) is 0.205. The molecule has 3 N–H and O–H groups in total. The van der Waals surface area contributed by atoms with E-state index < -0.39 is 0 Å². The highest BCUT2D eigenvalue weighted by Gasteiger charge is 2.22. The molecule has 0 unspecified atom stereocenters. The Bertz CT molecular complexity index is 2090. The number of aryl methyl sites for hydroxylation is 2. The molecule has 3 aromatic heterocycles. The molecule has 1 amide bonds. The summed E-state index contributed by atoms with van der Waals surface area (Å²) in [4.78, 5) is 42.9. The maximum Gasteiger partial charge on any atom is 0.220 e. The Hall–Kier alpha value is -4.78. The lowest BCUT2D eigenvalue weighted by Crippen LogP contribution is -2.24. The van der Waals surface area contributed by atoms with Crippen LogP contribution in [0.25, 0.3) is 56.5 Å². The first-order chi connectivity index (χ1) is 25.1. The first kappa shape index (κ1) is 38.5. The lowest BCUT2D eigenvalue weighted by atomic mass is 9.97. The summed E-state index contributed by atoms with van der Waals surface area (Å²) < 4.78 is 0. The van der Waals surface area contributed by atoms with Crippen molar-refractivity contribution in [2.24, 2.45) is 0 Å². The smallest absolute Gasteiger partial charge is 0.220 e. The number of Topliss-reactive ketones (excluding diaryl/α,β-unsaturated/α-hetero) is 1. The van der Waals surface area contributed by atoms with E-state index in [1.807, 2.05) is 12.2 Å². The number of carbonyl (C=O) groups is 2. The number of hydrogen-bond acceptors (Lipinski definition) is 4. The fourth-order valence-corrected chi connectivity index (χ4v) is 7.42. The molecule has 8 bridgehead atoms. The molecule has 0 fully saturated rings. The van der Waals surface area contributed by atoms with Crippen molar-refractivity contribution < 1.29 is 9.59 Å². The van der Waals surface area contributed by atoms with Gasteiger partial charge in [0.1, 0.15) is 5.78 Å². The normalized spacial score (nSPS) is 12.8. The van der Waals surface area contributed by atoms with Gasteiger partial charge in [0.15, 0.2) is 0 Å². The number of rotatable bonds is 17. The van der Waals surface area contributed by atoms with E-state index >= 15 is 0 Å². The molecule has 2 aliphatic rings. The van der Waals surface area contributed by atoms with E-state index in [0.29, 0.717) is 32.2 Å². The Morgan fingerprint density at radius 3 is 1.67 bits per heavy atom. The van der Waals surface area contributed by atoms with Crippen molar-refractivity contribution in [3.05, 3.63) is 82.5 Å². The lowest BCUT2D eigenvalue weighted by Gasteiger charge is -2.08. The summed E-state index contributed by atoms with van der Waals surface area (Å²) in [5, 5.41) is 3.16. The summed E-state index contributed by atoms with van der Waals surface area (Å²) in [5.41, 5.74) is 15.5. The number of hydrogen-bond donors (Lipinski definition) is 3. The van der Waals surface area contributed by atoms with E-state index in [2.05, 4.69) is 87.3 Å². The van der Waals surface area contributed by atoms with Crippen LogP contribution in [-0.4, -0.2) is 38.2 Å². The minimum atomic E-state index is 0.0641. The van der Waals surface area contributed by atoms with Crippen LogP contribution in [-0.2, 0) is 9.59 Å². The second-order valence-corrected chi connectivity index (χ2v) is 14.5. The van der Waals surface area contributed by atoms with Gasteiger partial charge in [0.2, 0.25) is 5.91 Å². The molecule has 0 saturated heterocycles. The van der Waals surface area contributed by atoms with Crippen molar-refractivity contribution in [1.82, 2.24) is 25.3 Å². The van der Waals surface area contributed by atoms with E-state index in [1.165, 1.54) is 38.5 Å². The number of amides is 1. The number of unbranched alkanes of at least 4 members (excludes halogenated alkanes) is 7. The molecule has 52 heavy (non-hydrogen) atoms. The highest BCUT2D eigenvalue weighted by Crippen LogP contribution is 2.38. The van der Waals surface area contributed by atoms with Gasteiger partial charge in [-0.15, -0.1) is 0 Å². The predicted molar refractivity (Wildman–Crippen MR) is 220 cm³/mol. The van der Waals surface area contributed by atoms with Crippen LogP contribution in [0.2, 0.25) is 0 Å². The molecule has 274 valence electrons. The fraction of sp³-hybridized carbons (Fsp3) is 0.422. The van der Waals surface area contributed by atoms with Crippen LogP contribution in [0.4, 0.5) is 0 Å². The largest absolute Gasteiger partial charge is 0.356 e. The SMILES string of the molecule is C=Cc1c(C)c2cc3[nH]c(cc4nc(cc5nc(cc1[nH]2)C(C)=C5CCC(C)=O)C(CCC(=O)NCCCCCCCCCC)=C4C)c(C)c3C=C. The highest BCUT2D eigenvalue weighted by atomic mass is 16.1. The molecular weight excluding hydrogens is 643 g/mol. The minimum absolute atomic E-state index is 0.0641. The van der Waals surface area contributed by atoms with E-state index in [1.54, 1.807) is 6.92 Å². The molecule has 5 rings (SSSR count). The van der Waals surface area contributed by atoms with Crippen LogP contribution in [0.15, 0.2) is 37.4 Å². The Labute approximate surface area is 309 Å². The number of ketones is 1. The lowest BCUT2D eigenvalue weighted by molar-refractivity contribution is -0.121. The van der Waals surface area contributed by atoms with Gasteiger partial charge in [-0.3, -0.25) is 4.79 Å². The van der Waals surface area contributed by atoms with E-state index in [4.69, 9.17) is 9.97 Å². The van der Waals surface area contributed by atoms with Crippen LogP contribution in [0.5, 0.6) is 0 Å². The Morgan fingerprint density at radius 2 is 1.13 bits per heavy atom. The van der Waals surface area contributed by atoms with Crippen LogP contribution < -0.4 is 5.32 Å². The summed E-state index contributed by atoms with van der Waals surface area (Å²) >= 11 is 0. The summed E-state index contributed by atoms with van der Waals surface area (Å²) in [7, 11) is 0. The average molecular weight is 700 g/mol. The molecular formula is C45H57N5O2. The maximum absolute atomic E-state index is 13.1. The van der Waals surface area contributed by atoms with E-state index in [9.17, 15) is 9.59 Å². The first-order valence-corrected chi connectivity index (χ1v) is 19.2. The second-order valence-electron chi connectivity index (χ2n) is 14.5. The quantitative estimate of drug-likeness (QED) is 0.122. The number of nitrogens with one attached hydrogen (secondary N) is 3. The second kappa shape index (κ2) is 17.6. The zero-order valence-electron chi connectivity index (χ0n) is 32.3. The molecule has 0 aromatic carbocycles. The number of carbonyl (C=O) groups excluding carboxylic acids is 2. The summed E-state index contributed by atoms with van der Waals surface area (Å²) in [6.07, 6.45) is 15.7. The topological polar surface area (TPSA) is 104 Å². The average Bonchev–Trinajstić information content (AvgIpc) is 3.78. The first-order valence-electron chi connectivity index (χ1n) is 19.2. The number of aromatic amines is 2.